The van der Waals surface area contributed by atoms with E-state index in [1.807, 2.05) is 0 Å². The predicted molar refractivity (Wildman–Crippen MR) is 90.5 cm³/mol. The van der Waals surface area contributed by atoms with Crippen molar-refractivity contribution in [3.63, 3.8) is 0 Å². The fourth-order valence-corrected chi connectivity index (χ4v) is 1.93. The summed E-state index contributed by atoms with van der Waals surface area (Å²) in [5.74, 6) is -0.688. The fourth-order valence-electron chi connectivity index (χ4n) is 1.93. The number of carbonyl (C=O) groups excluding carboxylic acids is 2. The van der Waals surface area contributed by atoms with Gasteiger partial charge in [0.15, 0.2) is 0 Å². The van der Waals surface area contributed by atoms with Gasteiger partial charge in [-0.3, -0.25) is 14.5 Å². The van der Waals surface area contributed by atoms with Crippen molar-refractivity contribution in [1.82, 2.24) is 4.90 Å². The second kappa shape index (κ2) is 9.96. The van der Waals surface area contributed by atoms with Gasteiger partial charge in [0, 0.05) is 19.6 Å². The van der Waals surface area contributed by atoms with Gasteiger partial charge < -0.3 is 19.7 Å². The number of ether oxygens (including phenoxy) is 2. The summed E-state index contributed by atoms with van der Waals surface area (Å²) in [4.78, 5) is 25.3. The Morgan fingerprint density at radius 1 is 0.917 bits per heavy atom. The van der Waals surface area contributed by atoms with Gasteiger partial charge in [-0.1, -0.05) is 0 Å². The van der Waals surface area contributed by atoms with Crippen LogP contribution in [0.1, 0.15) is 54.4 Å². The van der Waals surface area contributed by atoms with Gasteiger partial charge >= 0.3 is 11.9 Å². The van der Waals surface area contributed by atoms with E-state index in [1.54, 1.807) is 46.4 Å². The lowest BCUT2D eigenvalue weighted by Gasteiger charge is -2.26. The normalized spacial score (nSPS) is 13.7. The zero-order valence-corrected chi connectivity index (χ0v) is 15.8. The van der Waals surface area contributed by atoms with Crippen molar-refractivity contribution in [2.45, 2.75) is 71.7 Å². The van der Waals surface area contributed by atoms with E-state index in [0.717, 1.165) is 0 Å². The number of carbonyl (C=O) groups is 2. The van der Waals surface area contributed by atoms with Crippen LogP contribution in [0.2, 0.25) is 0 Å². The number of hydrogen-bond donors (Lipinski definition) is 2. The lowest BCUT2D eigenvalue weighted by molar-refractivity contribution is -0.155. The molecule has 0 heterocycles. The summed E-state index contributed by atoms with van der Waals surface area (Å²) in [5.41, 5.74) is -1.11. The molecule has 0 fully saturated rings. The standard InChI is InChI=1S/C17H33NO6/c1-16(2,3)23-14(21)7-9-18(11-13(20)12-19)10-8-15(22)24-17(4,5)6/h13,19-20H,7-12H2,1-6H3/t13-/m0/s1. The molecule has 1 atom stereocenters. The Labute approximate surface area is 144 Å². The average molecular weight is 347 g/mol. The van der Waals surface area contributed by atoms with Crippen LogP contribution < -0.4 is 0 Å². The molecular weight excluding hydrogens is 314 g/mol. The predicted octanol–water partition coefficient (Wildman–Crippen LogP) is 1.11. The highest BCUT2D eigenvalue weighted by Crippen LogP contribution is 2.10. The van der Waals surface area contributed by atoms with Gasteiger partial charge in [0.1, 0.15) is 11.2 Å². The van der Waals surface area contributed by atoms with Crippen LogP contribution in [0.3, 0.4) is 0 Å². The minimum absolute atomic E-state index is 0.143. The Balaban J connectivity index is 4.48. The van der Waals surface area contributed by atoms with Crippen LogP contribution in [0.5, 0.6) is 0 Å². The summed E-state index contributed by atoms with van der Waals surface area (Å²) in [6.07, 6.45) is -0.643. The van der Waals surface area contributed by atoms with E-state index in [1.165, 1.54) is 0 Å². The van der Waals surface area contributed by atoms with Crippen molar-refractivity contribution in [3.05, 3.63) is 0 Å². The molecule has 0 unspecified atom stereocenters. The van der Waals surface area contributed by atoms with E-state index in [2.05, 4.69) is 0 Å². The first-order chi connectivity index (χ1) is 10.8. The van der Waals surface area contributed by atoms with Gasteiger partial charge in [-0.2, -0.15) is 0 Å². The highest BCUT2D eigenvalue weighted by Gasteiger charge is 2.20. The maximum atomic E-state index is 11.8. The first-order valence-electron chi connectivity index (χ1n) is 8.27. The Morgan fingerprint density at radius 3 is 1.58 bits per heavy atom. The van der Waals surface area contributed by atoms with Crippen LogP contribution in [-0.4, -0.2) is 70.6 Å². The number of hydrogen-bond acceptors (Lipinski definition) is 7. The maximum absolute atomic E-state index is 11.8. The molecule has 0 aliphatic carbocycles. The minimum Gasteiger partial charge on any atom is -0.460 e. The number of nitrogens with zero attached hydrogens (tertiary/aromatic N) is 1. The van der Waals surface area contributed by atoms with E-state index in [0.29, 0.717) is 13.1 Å². The molecule has 0 bridgehead atoms. The lowest BCUT2D eigenvalue weighted by atomic mass is 10.2. The lowest BCUT2D eigenvalue weighted by Crippen LogP contribution is -2.38. The summed E-state index contributed by atoms with van der Waals surface area (Å²) >= 11 is 0. The molecule has 7 nitrogen and oxygen atoms in total. The van der Waals surface area contributed by atoms with Crippen LogP contribution in [0.25, 0.3) is 0 Å². The highest BCUT2D eigenvalue weighted by molar-refractivity contribution is 5.70. The summed E-state index contributed by atoms with van der Waals surface area (Å²) in [7, 11) is 0. The topological polar surface area (TPSA) is 96.3 Å². The smallest absolute Gasteiger partial charge is 0.307 e. The molecule has 0 rings (SSSR count). The number of rotatable bonds is 9. The summed E-state index contributed by atoms with van der Waals surface area (Å²) in [6.45, 7) is 11.2. The molecule has 0 radical (unpaired) electrons. The van der Waals surface area contributed by atoms with Gasteiger partial charge in [-0.15, -0.1) is 0 Å². The fraction of sp³-hybridized carbons (Fsp3) is 0.882. The minimum atomic E-state index is -0.928. The van der Waals surface area contributed by atoms with Crippen LogP contribution in [-0.2, 0) is 19.1 Å². The third-order valence-corrected chi connectivity index (χ3v) is 2.78. The zero-order valence-electron chi connectivity index (χ0n) is 15.8. The second-order valence-corrected chi connectivity index (χ2v) is 7.81. The van der Waals surface area contributed by atoms with E-state index in [9.17, 15) is 14.7 Å². The van der Waals surface area contributed by atoms with E-state index < -0.39 is 17.3 Å². The Bertz CT molecular complexity index is 365. The molecule has 0 amide bonds. The molecule has 0 spiro atoms. The van der Waals surface area contributed by atoms with E-state index >= 15 is 0 Å². The SMILES string of the molecule is CC(C)(C)OC(=O)CCN(CCC(=O)OC(C)(C)C)C[C@H](O)CO. The van der Waals surface area contributed by atoms with Crippen LogP contribution in [0, 0.1) is 0 Å². The van der Waals surface area contributed by atoms with Crippen molar-refractivity contribution in [3.8, 4) is 0 Å². The first kappa shape index (κ1) is 22.8. The average Bonchev–Trinajstić information content (AvgIpc) is 2.37. The molecule has 0 aliphatic heterocycles. The summed E-state index contributed by atoms with van der Waals surface area (Å²) < 4.78 is 10.5. The number of esters is 2. The molecular formula is C17H33NO6. The van der Waals surface area contributed by atoms with E-state index in [4.69, 9.17) is 14.6 Å². The molecule has 0 aromatic heterocycles. The molecule has 0 saturated heterocycles. The number of aliphatic hydroxyl groups is 2. The third-order valence-electron chi connectivity index (χ3n) is 2.78. The zero-order chi connectivity index (χ0) is 19.0. The third kappa shape index (κ3) is 13.3. The van der Waals surface area contributed by atoms with Gasteiger partial charge in [0.25, 0.3) is 0 Å². The van der Waals surface area contributed by atoms with Crippen molar-refractivity contribution in [2.24, 2.45) is 0 Å². The Morgan fingerprint density at radius 2 is 1.29 bits per heavy atom. The van der Waals surface area contributed by atoms with E-state index in [-0.39, 0.29) is 37.9 Å². The first-order valence-corrected chi connectivity index (χ1v) is 8.27. The van der Waals surface area contributed by atoms with Crippen LogP contribution in [0.15, 0.2) is 0 Å². The summed E-state index contributed by atoms with van der Waals surface area (Å²) in [6, 6.07) is 0. The molecule has 0 aromatic rings. The molecule has 24 heavy (non-hydrogen) atoms. The van der Waals surface area contributed by atoms with Crippen molar-refractivity contribution < 1.29 is 29.3 Å². The van der Waals surface area contributed by atoms with Crippen molar-refractivity contribution in [1.29, 1.82) is 0 Å². The largest absolute Gasteiger partial charge is 0.460 e. The quantitative estimate of drug-likeness (QED) is 0.603. The van der Waals surface area contributed by atoms with Gasteiger partial charge in [0.05, 0.1) is 25.6 Å². The van der Waals surface area contributed by atoms with Crippen LogP contribution in [0.4, 0.5) is 0 Å². The molecule has 2 N–H and O–H groups in total. The van der Waals surface area contributed by atoms with Crippen LogP contribution >= 0.6 is 0 Å². The summed E-state index contributed by atoms with van der Waals surface area (Å²) in [5, 5.41) is 18.6. The van der Waals surface area contributed by atoms with Gasteiger partial charge in [-0.05, 0) is 41.5 Å². The maximum Gasteiger partial charge on any atom is 0.307 e. The molecule has 142 valence electrons. The number of aliphatic hydroxyl groups excluding tert-OH is 2. The Hall–Kier alpha value is -1.18. The second-order valence-electron chi connectivity index (χ2n) is 7.81. The van der Waals surface area contributed by atoms with Crippen molar-refractivity contribution >= 4 is 11.9 Å². The van der Waals surface area contributed by atoms with Gasteiger partial charge in [0.2, 0.25) is 0 Å². The van der Waals surface area contributed by atoms with Crippen molar-refractivity contribution in [2.75, 3.05) is 26.2 Å². The highest BCUT2D eigenvalue weighted by atomic mass is 16.6. The molecule has 0 aromatic carbocycles. The molecule has 0 saturated carbocycles. The monoisotopic (exact) mass is 347 g/mol. The molecule has 0 aliphatic rings. The van der Waals surface area contributed by atoms with Gasteiger partial charge in [-0.25, -0.2) is 0 Å². The Kier molecular flexibility index (Phi) is 9.47. The molecule has 7 heteroatoms.